The van der Waals surface area contributed by atoms with Crippen LogP contribution in [0, 0.1) is 10.1 Å². The number of allylic oxidation sites excluding steroid dienone is 1. The molecule has 9 nitrogen and oxygen atoms in total. The van der Waals surface area contributed by atoms with E-state index in [1.807, 2.05) is 6.07 Å². The van der Waals surface area contributed by atoms with Gasteiger partial charge in [0.25, 0.3) is 5.69 Å². The summed E-state index contributed by atoms with van der Waals surface area (Å²) in [5, 5.41) is 11.5. The number of hydrogen-bond acceptors (Lipinski definition) is 6. The molecule has 140 valence electrons. The molecule has 0 fully saturated rings. The van der Waals surface area contributed by atoms with Crippen LogP contribution >= 0.6 is 0 Å². The highest BCUT2D eigenvalue weighted by Gasteiger charge is 2.36. The predicted octanol–water partition coefficient (Wildman–Crippen LogP) is 2.99. The lowest BCUT2D eigenvalue weighted by Crippen LogP contribution is -2.47. The fourth-order valence-electron chi connectivity index (χ4n) is 3.26. The minimum Gasteiger partial charge on any atom is -0.314 e. The Morgan fingerprint density at radius 3 is 2.75 bits per heavy atom. The van der Waals surface area contributed by atoms with Crippen molar-refractivity contribution in [3.05, 3.63) is 70.5 Å². The van der Waals surface area contributed by atoms with Crippen molar-refractivity contribution in [3.8, 4) is 0 Å². The third-order valence-corrected chi connectivity index (χ3v) is 4.49. The molecule has 0 N–H and O–H groups in total. The number of aromatic nitrogens is 1. The number of nitro benzene ring substituents is 1. The quantitative estimate of drug-likeness (QED) is 0.601. The first-order chi connectivity index (χ1) is 13.5. The molecule has 0 spiro atoms. The fourth-order valence-corrected chi connectivity index (χ4v) is 3.26. The number of carbonyl (C=O) groups excluding carboxylic acids is 2. The third kappa shape index (κ3) is 3.13. The van der Waals surface area contributed by atoms with E-state index in [9.17, 15) is 19.7 Å². The summed E-state index contributed by atoms with van der Waals surface area (Å²) >= 11 is 0. The van der Waals surface area contributed by atoms with E-state index < -0.39 is 11.0 Å². The zero-order valence-electron chi connectivity index (χ0n) is 14.7. The summed E-state index contributed by atoms with van der Waals surface area (Å²) in [4.78, 5) is 47.1. The standard InChI is InChI=1S/C19H15N5O4/c25-15-7-9-20-14(10-15)12-22-11-13-4-3-8-21-18(13)23(19(22)26)16-5-1-2-6-17(16)24(27)28/h1-9H,10-12H2. The van der Waals surface area contributed by atoms with Crippen molar-refractivity contribution >= 4 is 34.7 Å². The molecule has 28 heavy (non-hydrogen) atoms. The molecular formula is C19H15N5O4. The molecule has 1 aromatic carbocycles. The molecule has 9 heteroatoms. The number of aliphatic imine (C=N–C) groups is 1. The van der Waals surface area contributed by atoms with Gasteiger partial charge < -0.3 is 4.90 Å². The van der Waals surface area contributed by atoms with Crippen molar-refractivity contribution in [2.75, 3.05) is 11.4 Å². The van der Waals surface area contributed by atoms with Crippen molar-refractivity contribution in [2.45, 2.75) is 13.0 Å². The lowest BCUT2D eigenvalue weighted by molar-refractivity contribution is -0.384. The number of anilines is 2. The molecule has 1 aromatic heterocycles. The Morgan fingerprint density at radius 1 is 1.14 bits per heavy atom. The number of carbonyl (C=O) groups is 2. The lowest BCUT2D eigenvalue weighted by Gasteiger charge is -2.36. The summed E-state index contributed by atoms with van der Waals surface area (Å²) in [5.41, 5.74) is 1.26. The molecule has 3 heterocycles. The lowest BCUT2D eigenvalue weighted by atomic mass is 10.1. The Hall–Kier alpha value is -3.88. The van der Waals surface area contributed by atoms with Crippen LogP contribution in [-0.4, -0.2) is 38.9 Å². The maximum Gasteiger partial charge on any atom is 0.331 e. The number of amides is 2. The maximum absolute atomic E-state index is 13.3. The first-order valence-electron chi connectivity index (χ1n) is 8.56. The highest BCUT2D eigenvalue weighted by atomic mass is 16.6. The monoisotopic (exact) mass is 377 g/mol. The molecule has 2 aliphatic heterocycles. The highest BCUT2D eigenvalue weighted by molar-refractivity contribution is 6.11. The SMILES string of the molecule is O=C1C=CN=C(CN2Cc3cccnc3N(c3ccccc3[N+](=O)[O-])C2=O)C1. The molecule has 0 saturated carbocycles. The number of benzene rings is 1. The topological polar surface area (TPSA) is 109 Å². The Kier molecular flexibility index (Phi) is 4.40. The normalized spacial score (nSPS) is 16.1. The van der Waals surface area contributed by atoms with Crippen LogP contribution in [0.25, 0.3) is 0 Å². The van der Waals surface area contributed by atoms with Crippen LogP contribution in [0.15, 0.2) is 59.9 Å². The van der Waals surface area contributed by atoms with E-state index in [-0.39, 0.29) is 36.7 Å². The average molecular weight is 377 g/mol. The van der Waals surface area contributed by atoms with Gasteiger partial charge >= 0.3 is 6.03 Å². The first-order valence-corrected chi connectivity index (χ1v) is 8.56. The van der Waals surface area contributed by atoms with Crippen LogP contribution in [0.4, 0.5) is 22.0 Å². The van der Waals surface area contributed by atoms with Crippen LogP contribution < -0.4 is 4.90 Å². The van der Waals surface area contributed by atoms with Gasteiger partial charge in [0.05, 0.1) is 24.4 Å². The van der Waals surface area contributed by atoms with Gasteiger partial charge in [-0.2, -0.15) is 0 Å². The maximum atomic E-state index is 13.3. The van der Waals surface area contributed by atoms with Crippen molar-refractivity contribution in [1.82, 2.24) is 9.88 Å². The van der Waals surface area contributed by atoms with Crippen molar-refractivity contribution in [3.63, 3.8) is 0 Å². The van der Waals surface area contributed by atoms with Crippen molar-refractivity contribution in [1.29, 1.82) is 0 Å². The van der Waals surface area contributed by atoms with E-state index in [2.05, 4.69) is 9.98 Å². The van der Waals surface area contributed by atoms with E-state index >= 15 is 0 Å². The minimum absolute atomic E-state index is 0.0768. The molecular weight excluding hydrogens is 362 g/mol. The van der Waals surface area contributed by atoms with Crippen LogP contribution in [0.1, 0.15) is 12.0 Å². The third-order valence-electron chi connectivity index (χ3n) is 4.49. The summed E-state index contributed by atoms with van der Waals surface area (Å²) in [6.07, 6.45) is 4.50. The molecule has 2 aromatic rings. The number of nitrogens with zero attached hydrogens (tertiary/aromatic N) is 5. The van der Waals surface area contributed by atoms with E-state index in [4.69, 9.17) is 0 Å². The number of fused-ring (bicyclic) bond motifs is 1. The highest BCUT2D eigenvalue weighted by Crippen LogP contribution is 2.38. The zero-order chi connectivity index (χ0) is 19.7. The van der Waals surface area contributed by atoms with Gasteiger partial charge in [-0.25, -0.2) is 14.7 Å². The second kappa shape index (κ2) is 7.03. The van der Waals surface area contributed by atoms with Crippen molar-refractivity contribution in [2.24, 2.45) is 4.99 Å². The second-order valence-corrected chi connectivity index (χ2v) is 6.36. The number of pyridine rings is 1. The van der Waals surface area contributed by atoms with Crippen LogP contribution in [0.2, 0.25) is 0 Å². The van der Waals surface area contributed by atoms with Gasteiger partial charge in [0.1, 0.15) is 11.5 Å². The predicted molar refractivity (Wildman–Crippen MR) is 101 cm³/mol. The Balaban J connectivity index is 1.76. The van der Waals surface area contributed by atoms with Gasteiger partial charge in [-0.05, 0) is 18.2 Å². The number of hydrogen-bond donors (Lipinski definition) is 0. The van der Waals surface area contributed by atoms with Crippen LogP contribution in [-0.2, 0) is 11.3 Å². The largest absolute Gasteiger partial charge is 0.331 e. The van der Waals surface area contributed by atoms with Gasteiger partial charge in [-0.1, -0.05) is 18.2 Å². The smallest absolute Gasteiger partial charge is 0.314 e. The van der Waals surface area contributed by atoms with Crippen molar-refractivity contribution < 1.29 is 14.5 Å². The molecule has 4 rings (SSSR count). The molecule has 2 amide bonds. The number of ketones is 1. The number of rotatable bonds is 4. The zero-order valence-corrected chi connectivity index (χ0v) is 14.7. The van der Waals surface area contributed by atoms with E-state index in [1.54, 1.807) is 18.2 Å². The molecule has 0 unspecified atom stereocenters. The molecule has 0 radical (unpaired) electrons. The average Bonchev–Trinajstić information content (AvgIpc) is 2.69. The fraction of sp³-hybridized carbons (Fsp3) is 0.158. The first kappa shape index (κ1) is 17.5. The summed E-state index contributed by atoms with van der Waals surface area (Å²) in [6, 6.07) is 9.14. The summed E-state index contributed by atoms with van der Waals surface area (Å²) in [5.74, 6) is 0.284. The molecule has 0 atom stereocenters. The number of urea groups is 1. The van der Waals surface area contributed by atoms with Gasteiger partial charge in [-0.15, -0.1) is 0 Å². The van der Waals surface area contributed by atoms with Gasteiger partial charge in [0.2, 0.25) is 0 Å². The van der Waals surface area contributed by atoms with E-state index in [0.717, 1.165) is 5.56 Å². The molecule has 0 bridgehead atoms. The van der Waals surface area contributed by atoms with E-state index in [1.165, 1.54) is 40.4 Å². The summed E-state index contributed by atoms with van der Waals surface area (Å²) in [7, 11) is 0. The molecule has 0 aliphatic carbocycles. The van der Waals surface area contributed by atoms with E-state index in [0.29, 0.717) is 11.5 Å². The Bertz CT molecular complexity index is 1050. The summed E-state index contributed by atoms with van der Waals surface area (Å²) in [6.45, 7) is 0.427. The summed E-state index contributed by atoms with van der Waals surface area (Å²) < 4.78 is 0. The minimum atomic E-state index is -0.529. The van der Waals surface area contributed by atoms with Gasteiger partial charge in [0.15, 0.2) is 5.78 Å². The van der Waals surface area contributed by atoms with Crippen LogP contribution in [0.3, 0.4) is 0 Å². The van der Waals surface area contributed by atoms with Gasteiger partial charge in [0, 0.05) is 29.7 Å². The second-order valence-electron chi connectivity index (χ2n) is 6.36. The molecule has 2 aliphatic rings. The van der Waals surface area contributed by atoms with Gasteiger partial charge in [-0.3, -0.25) is 19.9 Å². The number of nitro groups is 1. The Labute approximate surface area is 159 Å². The number of para-hydroxylation sites is 2. The molecule has 0 saturated heterocycles. The van der Waals surface area contributed by atoms with Crippen LogP contribution in [0.5, 0.6) is 0 Å². The Morgan fingerprint density at radius 2 is 1.96 bits per heavy atom.